The minimum absolute atomic E-state index is 0.250. The monoisotopic (exact) mass is 784 g/mol. The van der Waals surface area contributed by atoms with Crippen molar-refractivity contribution < 1.29 is 88.8 Å². The van der Waals surface area contributed by atoms with Crippen LogP contribution < -0.4 is 0 Å². The Balaban J connectivity index is 1.88. The van der Waals surface area contributed by atoms with E-state index in [1.807, 2.05) is 0 Å². The molecule has 0 aromatic heterocycles. The van der Waals surface area contributed by atoms with Gasteiger partial charge in [-0.25, -0.2) is 4.79 Å². The Morgan fingerprint density at radius 3 is 1.80 bits per heavy atom. The third-order valence-electron chi connectivity index (χ3n) is 9.50. The zero-order valence-electron chi connectivity index (χ0n) is 31.4. The maximum atomic E-state index is 12.6. The number of hydrogen-bond acceptors (Lipinski definition) is 17. The van der Waals surface area contributed by atoms with Gasteiger partial charge < -0.3 is 74.4 Å². The van der Waals surface area contributed by atoms with Crippen molar-refractivity contribution in [1.29, 1.82) is 0 Å². The summed E-state index contributed by atoms with van der Waals surface area (Å²) in [5.74, 6) is -2.84. The molecule has 0 bridgehead atoms. The summed E-state index contributed by atoms with van der Waals surface area (Å²) in [6.45, 7) is 1.41. The van der Waals surface area contributed by atoms with Gasteiger partial charge in [-0.2, -0.15) is 0 Å². The first kappa shape index (κ1) is 48.1. The second kappa shape index (κ2) is 26.0. The van der Waals surface area contributed by atoms with Crippen molar-refractivity contribution in [3.05, 3.63) is 0 Å². The molecule has 0 aliphatic carbocycles. The van der Waals surface area contributed by atoms with Crippen LogP contribution in [0, 0.1) is 0 Å². The van der Waals surface area contributed by atoms with Crippen molar-refractivity contribution in [2.45, 2.75) is 190 Å². The van der Waals surface area contributed by atoms with Crippen LogP contribution in [0.2, 0.25) is 0 Å². The minimum Gasteiger partial charge on any atom is -0.479 e. The molecule has 0 saturated carbocycles. The van der Waals surface area contributed by atoms with Gasteiger partial charge in [0.2, 0.25) is 0 Å². The molecule has 0 unspecified atom stereocenters. The van der Waals surface area contributed by atoms with E-state index in [4.69, 9.17) is 33.5 Å². The molecule has 0 radical (unpaired) electrons. The van der Waals surface area contributed by atoms with Crippen LogP contribution in [0.1, 0.15) is 110 Å². The molecule has 2 fully saturated rings. The van der Waals surface area contributed by atoms with Gasteiger partial charge in [0.15, 0.2) is 24.8 Å². The molecule has 2 rings (SSSR count). The number of aliphatic hydroxyl groups excluding tert-OH is 8. The van der Waals surface area contributed by atoms with Crippen molar-refractivity contribution in [3.8, 4) is 0 Å². The van der Waals surface area contributed by atoms with Gasteiger partial charge in [0, 0.05) is 6.92 Å². The molecule has 2 saturated heterocycles. The SMILES string of the molecule is CCC[C@H](O)CC(=O)O[C@H]1[C@H](O[C@H]2[C@H](O)[C@@H](O)[C@H](OC[C@@H](O)CCCCCCCCCCCC[C@@H](O)C(=O)O)O[C@@H]2COC(C)=O)O[C@H](CO)[C@@H](O)[C@@H]1O. The topological polar surface area (TPSA) is 289 Å². The van der Waals surface area contributed by atoms with Crippen molar-refractivity contribution in [2.24, 2.45) is 0 Å². The summed E-state index contributed by atoms with van der Waals surface area (Å²) >= 11 is 0. The zero-order valence-corrected chi connectivity index (χ0v) is 31.4. The van der Waals surface area contributed by atoms with Crippen molar-refractivity contribution in [2.75, 3.05) is 19.8 Å². The third kappa shape index (κ3) is 17.0. The van der Waals surface area contributed by atoms with E-state index >= 15 is 0 Å². The highest BCUT2D eigenvalue weighted by atomic mass is 16.8. The average molecular weight is 785 g/mol. The Morgan fingerprint density at radius 1 is 0.685 bits per heavy atom. The molecule has 0 aromatic carbocycles. The van der Waals surface area contributed by atoms with E-state index in [9.17, 15) is 55.2 Å². The molecule has 54 heavy (non-hydrogen) atoms. The van der Waals surface area contributed by atoms with Crippen LogP contribution in [0.4, 0.5) is 0 Å². The Kier molecular flexibility index (Phi) is 23.1. The van der Waals surface area contributed by atoms with Crippen LogP contribution in [0.15, 0.2) is 0 Å². The molecule has 2 aliphatic heterocycles. The lowest BCUT2D eigenvalue weighted by Gasteiger charge is -2.46. The summed E-state index contributed by atoms with van der Waals surface area (Å²) in [5.41, 5.74) is 0. The number of aliphatic hydroxyl groups is 8. The Labute approximate surface area is 316 Å². The predicted octanol–water partition coefficient (Wildman–Crippen LogP) is -0.212. The fourth-order valence-corrected chi connectivity index (χ4v) is 6.36. The van der Waals surface area contributed by atoms with Crippen molar-refractivity contribution in [1.82, 2.24) is 0 Å². The highest BCUT2D eigenvalue weighted by Crippen LogP contribution is 2.31. The van der Waals surface area contributed by atoms with Crippen LogP contribution >= 0.6 is 0 Å². The van der Waals surface area contributed by atoms with Crippen molar-refractivity contribution >= 4 is 17.9 Å². The van der Waals surface area contributed by atoms with E-state index in [2.05, 4.69) is 0 Å². The predicted molar refractivity (Wildman–Crippen MR) is 186 cm³/mol. The van der Waals surface area contributed by atoms with Gasteiger partial charge in [-0.15, -0.1) is 0 Å². The summed E-state index contributed by atoms with van der Waals surface area (Å²) in [5, 5.41) is 91.6. The molecule has 18 nitrogen and oxygen atoms in total. The lowest BCUT2D eigenvalue weighted by atomic mass is 9.96. The van der Waals surface area contributed by atoms with Crippen LogP contribution in [0.25, 0.3) is 0 Å². The molecule has 2 aliphatic rings. The van der Waals surface area contributed by atoms with Gasteiger partial charge in [-0.1, -0.05) is 77.6 Å². The van der Waals surface area contributed by atoms with Crippen molar-refractivity contribution in [3.63, 3.8) is 0 Å². The number of rotatable bonds is 27. The Morgan fingerprint density at radius 2 is 1.24 bits per heavy atom. The largest absolute Gasteiger partial charge is 0.479 e. The van der Waals surface area contributed by atoms with Gasteiger partial charge >= 0.3 is 17.9 Å². The fraction of sp³-hybridized carbons (Fsp3) is 0.917. The van der Waals surface area contributed by atoms with Gasteiger partial charge in [0.25, 0.3) is 0 Å². The van der Waals surface area contributed by atoms with E-state index < -0.39 is 117 Å². The molecule has 0 aromatic rings. The number of hydrogen-bond donors (Lipinski definition) is 9. The first-order valence-corrected chi connectivity index (χ1v) is 19.2. The molecule has 9 N–H and O–H groups in total. The number of aliphatic carboxylic acids is 1. The average Bonchev–Trinajstić information content (AvgIpc) is 3.12. The number of ether oxygens (including phenoxy) is 6. The lowest BCUT2D eigenvalue weighted by molar-refractivity contribution is -0.361. The number of esters is 2. The van der Waals surface area contributed by atoms with E-state index in [-0.39, 0.29) is 13.0 Å². The van der Waals surface area contributed by atoms with Gasteiger partial charge in [-0.3, -0.25) is 9.59 Å². The first-order valence-electron chi connectivity index (χ1n) is 19.2. The second-order valence-electron chi connectivity index (χ2n) is 14.2. The second-order valence-corrected chi connectivity index (χ2v) is 14.2. The maximum Gasteiger partial charge on any atom is 0.332 e. The van der Waals surface area contributed by atoms with Crippen LogP contribution in [-0.2, 0) is 42.8 Å². The number of carbonyl (C=O) groups is 3. The highest BCUT2D eigenvalue weighted by Gasteiger charge is 2.52. The molecule has 0 spiro atoms. The van der Waals surface area contributed by atoms with Gasteiger partial charge in [0.1, 0.15) is 49.3 Å². The summed E-state index contributed by atoms with van der Waals surface area (Å²) in [7, 11) is 0. The first-order chi connectivity index (χ1) is 25.7. The van der Waals surface area contributed by atoms with Gasteiger partial charge in [0.05, 0.1) is 31.8 Å². The highest BCUT2D eigenvalue weighted by molar-refractivity contribution is 5.71. The molecule has 0 amide bonds. The van der Waals surface area contributed by atoms with Crippen LogP contribution in [-0.4, -0.2) is 163 Å². The number of carboxylic acids is 1. The maximum absolute atomic E-state index is 12.6. The summed E-state index contributed by atoms with van der Waals surface area (Å²) in [4.78, 5) is 34.9. The summed E-state index contributed by atoms with van der Waals surface area (Å²) in [6, 6.07) is 0. The molecule has 316 valence electrons. The number of carbonyl (C=O) groups excluding carboxylic acids is 2. The van der Waals surface area contributed by atoms with Crippen LogP contribution in [0.3, 0.4) is 0 Å². The summed E-state index contributed by atoms with van der Waals surface area (Å²) < 4.78 is 33.3. The fourth-order valence-electron chi connectivity index (χ4n) is 6.36. The van der Waals surface area contributed by atoms with E-state index in [0.29, 0.717) is 25.7 Å². The molecule has 2 heterocycles. The van der Waals surface area contributed by atoms with E-state index in [0.717, 1.165) is 64.7 Å². The summed E-state index contributed by atoms with van der Waals surface area (Å²) in [6.07, 6.45) is -9.07. The van der Waals surface area contributed by atoms with E-state index in [1.165, 1.54) is 0 Å². The zero-order chi connectivity index (χ0) is 40.2. The van der Waals surface area contributed by atoms with E-state index in [1.54, 1.807) is 6.92 Å². The molecule has 18 heteroatoms. The quantitative estimate of drug-likeness (QED) is 0.0385. The third-order valence-corrected chi connectivity index (χ3v) is 9.50. The minimum atomic E-state index is -1.83. The standard InChI is InChI=1S/C36H64O18/c1-3-14-22(39)17-27(42)53-33-29(44)28(43)25(18-37)51-36(33)54-32-26(20-49-21(2)38)52-35(31(46)30(32)45)50-19-23(40)15-12-10-8-6-4-5-7-9-11-13-16-24(41)34(47)48/h22-26,28-33,35-37,39-41,43-46H,3-20H2,1-2H3,(H,47,48)/t22-,23-,24+,25+,26+,28+,29-,30+,31+,32+,33+,35+,36-/m0/s1. The Bertz CT molecular complexity index is 1060. The molecule has 13 atom stereocenters. The number of carboxylic acid groups (broad SMARTS) is 1. The number of unbranched alkanes of at least 4 members (excludes halogenated alkanes) is 9. The van der Waals surface area contributed by atoms with Crippen LogP contribution in [0.5, 0.6) is 0 Å². The lowest BCUT2D eigenvalue weighted by Crippen LogP contribution is -2.65. The van der Waals surface area contributed by atoms with Gasteiger partial charge in [-0.05, 0) is 19.3 Å². The smallest absolute Gasteiger partial charge is 0.332 e. The normalized spacial score (nSPS) is 30.3. The molecular formula is C36H64O18. The molecular weight excluding hydrogens is 720 g/mol. The Hall–Kier alpha value is -2.07.